The zero-order chi connectivity index (χ0) is 20.4. The number of ether oxygens (including phenoxy) is 2. The van der Waals surface area contributed by atoms with Crippen molar-refractivity contribution in [3.8, 4) is 11.5 Å². The van der Waals surface area contributed by atoms with Gasteiger partial charge in [-0.1, -0.05) is 0 Å². The van der Waals surface area contributed by atoms with Crippen molar-refractivity contribution in [2.75, 3.05) is 13.2 Å². The van der Waals surface area contributed by atoms with Crippen LogP contribution >= 0.6 is 0 Å². The molecule has 7 nitrogen and oxygen atoms in total. The molecule has 4 rings (SSSR count). The lowest BCUT2D eigenvalue weighted by molar-refractivity contribution is 0.0955. The second-order valence-corrected chi connectivity index (χ2v) is 6.96. The third-order valence-corrected chi connectivity index (χ3v) is 5.01. The van der Waals surface area contributed by atoms with Gasteiger partial charge in [0.05, 0.1) is 30.0 Å². The van der Waals surface area contributed by atoms with Gasteiger partial charge in [0.25, 0.3) is 5.91 Å². The van der Waals surface area contributed by atoms with Gasteiger partial charge in [0, 0.05) is 24.1 Å². The summed E-state index contributed by atoms with van der Waals surface area (Å²) < 4.78 is 13.5. The van der Waals surface area contributed by atoms with E-state index in [1.807, 2.05) is 38.1 Å². The molecule has 1 aliphatic rings. The molecule has 0 atom stereocenters. The van der Waals surface area contributed by atoms with E-state index in [4.69, 9.17) is 9.47 Å². The monoisotopic (exact) mass is 392 g/mol. The van der Waals surface area contributed by atoms with Crippen molar-refractivity contribution in [2.24, 2.45) is 5.10 Å². The second kappa shape index (κ2) is 7.95. The zero-order valence-electron chi connectivity index (χ0n) is 16.9. The van der Waals surface area contributed by atoms with E-state index >= 15 is 0 Å². The molecule has 2 aromatic carbocycles. The lowest BCUT2D eigenvalue weighted by Crippen LogP contribution is -2.19. The largest absolute Gasteiger partial charge is 0.490 e. The Labute approximate surface area is 169 Å². The molecule has 2 heterocycles. The van der Waals surface area contributed by atoms with E-state index in [1.165, 1.54) is 0 Å². The molecule has 0 aliphatic carbocycles. The molecule has 0 saturated heterocycles. The fourth-order valence-electron chi connectivity index (χ4n) is 3.44. The highest BCUT2D eigenvalue weighted by molar-refractivity contribution is 6.02. The summed E-state index contributed by atoms with van der Waals surface area (Å²) in [6.07, 6.45) is 0.855. The number of hydrogen-bond acceptors (Lipinski definition) is 5. The first-order valence-electron chi connectivity index (χ1n) is 9.78. The van der Waals surface area contributed by atoms with E-state index in [0.717, 1.165) is 41.1 Å². The number of nitrogens with one attached hydrogen (secondary N) is 1. The van der Waals surface area contributed by atoms with Crippen LogP contribution in [0.5, 0.6) is 11.5 Å². The number of amides is 1. The maximum atomic E-state index is 12.6. The molecule has 1 amide bonds. The average Bonchev–Trinajstić information content (AvgIpc) is 2.89. The number of rotatable bonds is 4. The van der Waals surface area contributed by atoms with Crippen molar-refractivity contribution < 1.29 is 14.3 Å². The first-order chi connectivity index (χ1) is 14.1. The number of nitrogens with zero attached hydrogens (tertiary/aromatic N) is 3. The number of aryl methyl sites for hydroxylation is 2. The van der Waals surface area contributed by atoms with Gasteiger partial charge >= 0.3 is 0 Å². The van der Waals surface area contributed by atoms with Gasteiger partial charge in [-0.25, -0.2) is 10.4 Å². The van der Waals surface area contributed by atoms with E-state index in [2.05, 4.69) is 27.0 Å². The van der Waals surface area contributed by atoms with E-state index < -0.39 is 0 Å². The molecular weight excluding hydrogens is 368 g/mol. The molecule has 0 radical (unpaired) electrons. The van der Waals surface area contributed by atoms with Crippen LogP contribution in [-0.4, -0.2) is 34.4 Å². The summed E-state index contributed by atoms with van der Waals surface area (Å²) in [5.41, 5.74) is 6.53. The molecule has 0 bridgehead atoms. The van der Waals surface area contributed by atoms with E-state index in [1.54, 1.807) is 12.1 Å². The van der Waals surface area contributed by atoms with Gasteiger partial charge < -0.3 is 14.0 Å². The summed E-state index contributed by atoms with van der Waals surface area (Å²) in [5, 5.41) is 4.26. The zero-order valence-corrected chi connectivity index (χ0v) is 16.9. The van der Waals surface area contributed by atoms with Crippen LogP contribution in [-0.2, 0) is 6.54 Å². The summed E-state index contributed by atoms with van der Waals surface area (Å²) >= 11 is 0. The highest BCUT2D eigenvalue weighted by Gasteiger charge is 2.13. The van der Waals surface area contributed by atoms with Crippen LogP contribution < -0.4 is 14.9 Å². The molecule has 3 aromatic rings. The number of carbonyl (C=O) groups excluding carboxylic acids is 1. The van der Waals surface area contributed by atoms with Crippen LogP contribution in [0.1, 0.15) is 42.0 Å². The Hall–Kier alpha value is -3.35. The first-order valence-corrected chi connectivity index (χ1v) is 9.78. The Morgan fingerprint density at radius 1 is 1.14 bits per heavy atom. The van der Waals surface area contributed by atoms with Crippen LogP contribution in [0, 0.1) is 6.92 Å². The van der Waals surface area contributed by atoms with Gasteiger partial charge in [0.1, 0.15) is 5.82 Å². The van der Waals surface area contributed by atoms with Gasteiger partial charge in [0.15, 0.2) is 11.5 Å². The highest BCUT2D eigenvalue weighted by Crippen LogP contribution is 2.30. The van der Waals surface area contributed by atoms with Gasteiger partial charge in [-0.3, -0.25) is 4.79 Å². The average molecular weight is 392 g/mol. The Morgan fingerprint density at radius 3 is 2.69 bits per heavy atom. The smallest absolute Gasteiger partial charge is 0.271 e. The van der Waals surface area contributed by atoms with Gasteiger partial charge in [-0.15, -0.1) is 0 Å². The highest BCUT2D eigenvalue weighted by atomic mass is 16.5. The number of hydrogen-bond donors (Lipinski definition) is 1. The van der Waals surface area contributed by atoms with Crippen LogP contribution in [0.4, 0.5) is 0 Å². The minimum absolute atomic E-state index is 0.274. The summed E-state index contributed by atoms with van der Waals surface area (Å²) in [5.74, 6) is 2.10. The Kier molecular flexibility index (Phi) is 5.20. The minimum atomic E-state index is -0.274. The molecule has 1 aromatic heterocycles. The fraction of sp³-hybridized carbons (Fsp3) is 0.318. The predicted octanol–water partition coefficient (Wildman–Crippen LogP) is 3.68. The molecule has 0 spiro atoms. The van der Waals surface area contributed by atoms with Crippen molar-refractivity contribution in [2.45, 2.75) is 33.7 Å². The standard InChI is InChI=1S/C22H24N4O3/c1-4-26-15(3)23-18-12-17(6-8-19(18)26)22(27)25-24-14(2)16-7-9-20-21(13-16)29-11-5-10-28-20/h6-9,12-13H,4-5,10-11H2,1-3H3,(H,25,27)/b24-14-. The Bertz CT molecular complexity index is 1100. The number of imidazole rings is 1. The molecule has 150 valence electrons. The fourth-order valence-corrected chi connectivity index (χ4v) is 3.44. The normalized spacial score (nSPS) is 14.0. The number of benzene rings is 2. The van der Waals surface area contributed by atoms with Crippen LogP contribution in [0.2, 0.25) is 0 Å². The second-order valence-electron chi connectivity index (χ2n) is 6.96. The number of fused-ring (bicyclic) bond motifs is 2. The van der Waals surface area contributed by atoms with E-state index in [-0.39, 0.29) is 5.91 Å². The maximum Gasteiger partial charge on any atom is 0.271 e. The van der Waals surface area contributed by atoms with Crippen molar-refractivity contribution in [1.82, 2.24) is 15.0 Å². The number of aromatic nitrogens is 2. The van der Waals surface area contributed by atoms with Crippen molar-refractivity contribution in [1.29, 1.82) is 0 Å². The summed E-state index contributed by atoms with van der Waals surface area (Å²) in [6.45, 7) is 7.99. The molecule has 7 heteroatoms. The summed E-state index contributed by atoms with van der Waals surface area (Å²) in [7, 11) is 0. The van der Waals surface area contributed by atoms with Crippen molar-refractivity contribution in [3.05, 3.63) is 53.3 Å². The Balaban J connectivity index is 1.52. The third-order valence-electron chi connectivity index (χ3n) is 5.01. The summed E-state index contributed by atoms with van der Waals surface area (Å²) in [6, 6.07) is 11.2. The van der Waals surface area contributed by atoms with Gasteiger partial charge in [-0.2, -0.15) is 5.10 Å². The lowest BCUT2D eigenvalue weighted by Gasteiger charge is -2.09. The molecule has 0 saturated carbocycles. The molecule has 1 N–H and O–H groups in total. The quantitative estimate of drug-likeness (QED) is 0.543. The number of hydrazone groups is 1. The molecule has 29 heavy (non-hydrogen) atoms. The van der Waals surface area contributed by atoms with Crippen LogP contribution in [0.15, 0.2) is 41.5 Å². The van der Waals surface area contributed by atoms with Gasteiger partial charge in [0.2, 0.25) is 0 Å². The molecular formula is C22H24N4O3. The summed E-state index contributed by atoms with van der Waals surface area (Å²) in [4.78, 5) is 17.1. The van der Waals surface area contributed by atoms with E-state index in [0.29, 0.717) is 30.2 Å². The first kappa shape index (κ1) is 19.0. The SMILES string of the molecule is CCn1c(C)nc2cc(C(=O)N/N=C(/C)c3ccc4c(c3)OCCCO4)ccc21. The maximum absolute atomic E-state index is 12.6. The van der Waals surface area contributed by atoms with Crippen molar-refractivity contribution >= 4 is 22.7 Å². The van der Waals surface area contributed by atoms with Crippen LogP contribution in [0.25, 0.3) is 11.0 Å². The predicted molar refractivity (Wildman–Crippen MR) is 112 cm³/mol. The van der Waals surface area contributed by atoms with Crippen molar-refractivity contribution in [3.63, 3.8) is 0 Å². The van der Waals surface area contributed by atoms with Gasteiger partial charge in [-0.05, 0) is 57.2 Å². The molecule has 0 unspecified atom stereocenters. The molecule has 1 aliphatic heterocycles. The Morgan fingerprint density at radius 2 is 1.90 bits per heavy atom. The van der Waals surface area contributed by atoms with E-state index in [9.17, 15) is 4.79 Å². The molecule has 0 fully saturated rings. The number of carbonyl (C=O) groups is 1. The third kappa shape index (κ3) is 3.81. The topological polar surface area (TPSA) is 77.7 Å². The minimum Gasteiger partial charge on any atom is -0.490 e. The van der Waals surface area contributed by atoms with Crippen LogP contribution in [0.3, 0.4) is 0 Å². The lowest BCUT2D eigenvalue weighted by atomic mass is 10.1.